The molecule has 0 bridgehead atoms. The summed E-state index contributed by atoms with van der Waals surface area (Å²) >= 11 is 7.17. The van der Waals surface area contributed by atoms with E-state index in [1.807, 2.05) is 12.1 Å². The second kappa shape index (κ2) is 11.9. The molecule has 0 radical (unpaired) electrons. The summed E-state index contributed by atoms with van der Waals surface area (Å²) in [5.74, 6) is -2.13. The number of carboxylic acid groups (broad SMARTS) is 2. The van der Waals surface area contributed by atoms with Crippen molar-refractivity contribution in [1.29, 1.82) is 0 Å². The van der Waals surface area contributed by atoms with E-state index in [1.165, 1.54) is 50.8 Å². The predicted molar refractivity (Wildman–Crippen MR) is 118 cm³/mol. The Morgan fingerprint density at radius 3 is 2.27 bits per heavy atom. The number of carboxylic acids is 2. The van der Waals surface area contributed by atoms with Gasteiger partial charge in [-0.15, -0.1) is 0 Å². The van der Waals surface area contributed by atoms with Crippen LogP contribution in [0.5, 0.6) is 0 Å². The molecule has 0 spiro atoms. The Morgan fingerprint density at radius 1 is 1.07 bits per heavy atom. The summed E-state index contributed by atoms with van der Waals surface area (Å²) in [4.78, 5) is 26.6. The average Bonchev–Trinajstić information content (AvgIpc) is 3.10. The summed E-state index contributed by atoms with van der Waals surface area (Å²) in [5.41, 5.74) is 2.75. The summed E-state index contributed by atoms with van der Waals surface area (Å²) in [6.45, 7) is 2.23. The summed E-state index contributed by atoms with van der Waals surface area (Å²) in [6.07, 6.45) is 4.38. The minimum Gasteiger partial charge on any atom is -0.478 e. The zero-order chi connectivity index (χ0) is 22.1. The molecule has 0 aliphatic heterocycles. The van der Waals surface area contributed by atoms with Crippen LogP contribution in [-0.4, -0.2) is 59.2 Å². The van der Waals surface area contributed by atoms with Gasteiger partial charge in [0.2, 0.25) is 0 Å². The molecular weight excluding hydrogens is 415 g/mol. The molecule has 2 N–H and O–H groups in total. The van der Waals surface area contributed by atoms with Crippen LogP contribution < -0.4 is 0 Å². The Labute approximate surface area is 198 Å². The Morgan fingerprint density at radius 2 is 1.73 bits per heavy atom. The number of unbranched alkanes of at least 4 members (excludes halogenated alkanes) is 1. The van der Waals surface area contributed by atoms with Crippen molar-refractivity contribution >= 4 is 51.6 Å². The summed E-state index contributed by atoms with van der Waals surface area (Å²) in [5, 5.41) is 18.5. The SMILES string of the molecule is CCC[CH2][Na].O=C(O)c1ccccc1-c1ccc(Cc2ncn(Cl)c2C(=O)O)cc1. The van der Waals surface area contributed by atoms with E-state index in [0.29, 0.717) is 17.7 Å². The molecule has 0 amide bonds. The van der Waals surface area contributed by atoms with Crippen LogP contribution in [0.15, 0.2) is 54.9 Å². The van der Waals surface area contributed by atoms with Crippen LogP contribution in [-0.2, 0) is 6.42 Å². The number of carbonyl (C=O) groups is 2. The van der Waals surface area contributed by atoms with Crippen molar-refractivity contribution in [3.8, 4) is 11.1 Å². The quantitative estimate of drug-likeness (QED) is 0.513. The Kier molecular flexibility index (Phi) is 9.59. The van der Waals surface area contributed by atoms with Gasteiger partial charge >= 0.3 is 63.3 Å². The maximum atomic E-state index is 11.3. The maximum Gasteiger partial charge on any atom is 0.355 e. The van der Waals surface area contributed by atoms with E-state index in [2.05, 4.69) is 11.9 Å². The van der Waals surface area contributed by atoms with Crippen LogP contribution in [0.4, 0.5) is 0 Å². The number of aromatic carboxylic acids is 2. The van der Waals surface area contributed by atoms with Gasteiger partial charge in [-0.3, -0.25) is 0 Å². The van der Waals surface area contributed by atoms with Crippen LogP contribution in [0.1, 0.15) is 51.9 Å². The molecule has 0 aliphatic rings. The summed E-state index contributed by atoms with van der Waals surface area (Å²) in [6, 6.07) is 14.0. The molecule has 0 atom stereocenters. The van der Waals surface area contributed by atoms with Crippen molar-refractivity contribution in [2.24, 2.45) is 0 Å². The standard InChI is InChI=1S/C18H13ClN2O4.C4H9.Na/c19-21-10-20-15(16(21)18(24)25)9-11-5-7-12(8-6-11)13-3-1-2-4-14(13)17(22)23;1-3-4-2;/h1-8,10H,9H2,(H,22,23)(H,24,25);1,3-4H2,2H3;. The normalized spacial score (nSPS) is 10.3. The first kappa shape index (κ1) is 24.2. The Hall–Kier alpha value is -2.12. The number of rotatable bonds is 7. The third-order valence-corrected chi connectivity index (χ3v) is 5.47. The molecule has 0 saturated heterocycles. The Balaban J connectivity index is 0.000000575. The number of imidazole rings is 1. The molecule has 1 aromatic heterocycles. The molecule has 1 heterocycles. The van der Waals surface area contributed by atoms with Gasteiger partial charge < -0.3 is 10.2 Å². The van der Waals surface area contributed by atoms with Crippen molar-refractivity contribution < 1.29 is 19.8 Å². The van der Waals surface area contributed by atoms with E-state index in [1.54, 1.807) is 36.4 Å². The molecule has 6 nitrogen and oxygen atoms in total. The van der Waals surface area contributed by atoms with E-state index >= 15 is 0 Å². The molecule has 152 valence electrons. The van der Waals surface area contributed by atoms with Gasteiger partial charge in [0.25, 0.3) is 0 Å². The van der Waals surface area contributed by atoms with E-state index < -0.39 is 11.9 Å². The minimum absolute atomic E-state index is 0.0676. The fraction of sp³-hybridized carbons (Fsp3) is 0.227. The van der Waals surface area contributed by atoms with Crippen LogP contribution >= 0.6 is 11.8 Å². The van der Waals surface area contributed by atoms with Gasteiger partial charge in [-0.05, 0) is 22.8 Å². The van der Waals surface area contributed by atoms with Crippen molar-refractivity contribution in [1.82, 2.24) is 9.07 Å². The number of aromatic nitrogens is 2. The molecule has 3 rings (SSSR count). The number of benzene rings is 2. The molecule has 3 aromatic rings. The number of nitrogens with zero attached hydrogens (tertiary/aromatic N) is 2. The first-order chi connectivity index (χ1) is 14.4. The summed E-state index contributed by atoms with van der Waals surface area (Å²) in [7, 11) is 0. The average molecular weight is 437 g/mol. The van der Waals surface area contributed by atoms with E-state index in [-0.39, 0.29) is 11.3 Å². The van der Waals surface area contributed by atoms with Crippen molar-refractivity contribution in [3.05, 3.63) is 77.4 Å². The molecule has 0 saturated carbocycles. The predicted octanol–water partition coefficient (Wildman–Crippen LogP) is 4.91. The van der Waals surface area contributed by atoms with E-state index in [0.717, 1.165) is 15.2 Å². The van der Waals surface area contributed by atoms with Gasteiger partial charge in [0.15, 0.2) is 5.69 Å². The minimum atomic E-state index is -1.14. The fourth-order valence-corrected chi connectivity index (χ4v) is 3.90. The molecule has 2 aromatic carbocycles. The monoisotopic (exact) mass is 436 g/mol. The topological polar surface area (TPSA) is 92.4 Å². The van der Waals surface area contributed by atoms with Crippen LogP contribution in [0, 0.1) is 0 Å². The zero-order valence-corrected chi connectivity index (χ0v) is 19.8. The first-order valence-electron chi connectivity index (χ1n) is 9.76. The fourth-order valence-electron chi connectivity index (χ4n) is 2.98. The third kappa shape index (κ3) is 6.44. The third-order valence-electron chi connectivity index (χ3n) is 4.51. The van der Waals surface area contributed by atoms with Gasteiger partial charge in [-0.2, -0.15) is 0 Å². The second-order valence-corrected chi connectivity index (χ2v) is 8.10. The van der Waals surface area contributed by atoms with Gasteiger partial charge in [-0.1, -0.05) is 42.5 Å². The number of halogens is 1. The van der Waals surface area contributed by atoms with E-state index in [9.17, 15) is 19.8 Å². The Bertz CT molecular complexity index is 1000. The molecular formula is C22H22ClN2NaO4. The molecule has 30 heavy (non-hydrogen) atoms. The van der Waals surface area contributed by atoms with Crippen LogP contribution in [0.2, 0.25) is 3.67 Å². The van der Waals surface area contributed by atoms with Crippen molar-refractivity contribution in [2.75, 3.05) is 0 Å². The largest absolute Gasteiger partial charge is 0.478 e. The first-order valence-corrected chi connectivity index (χ1v) is 11.5. The summed E-state index contributed by atoms with van der Waals surface area (Å²) < 4.78 is 2.44. The van der Waals surface area contributed by atoms with Gasteiger partial charge in [0.05, 0.1) is 11.3 Å². The van der Waals surface area contributed by atoms with Gasteiger partial charge in [0, 0.05) is 18.2 Å². The molecule has 0 aliphatic carbocycles. The zero-order valence-electron chi connectivity index (χ0n) is 17.0. The van der Waals surface area contributed by atoms with E-state index in [4.69, 9.17) is 11.8 Å². The van der Waals surface area contributed by atoms with Crippen LogP contribution in [0.3, 0.4) is 0 Å². The van der Waals surface area contributed by atoms with Crippen molar-refractivity contribution in [2.45, 2.75) is 29.9 Å². The second-order valence-electron chi connectivity index (χ2n) is 6.73. The maximum absolute atomic E-state index is 11.3. The molecule has 8 heteroatoms. The molecule has 0 unspecified atom stereocenters. The van der Waals surface area contributed by atoms with Gasteiger partial charge in [0.1, 0.15) is 6.33 Å². The molecule has 0 fully saturated rings. The van der Waals surface area contributed by atoms with Crippen molar-refractivity contribution in [3.63, 3.8) is 0 Å². The number of hydrogen-bond donors (Lipinski definition) is 2. The van der Waals surface area contributed by atoms with Gasteiger partial charge in [-0.25, -0.2) is 18.7 Å². The van der Waals surface area contributed by atoms with Crippen LogP contribution in [0.25, 0.3) is 11.1 Å². The smallest absolute Gasteiger partial charge is 0.355 e. The number of hydrogen-bond acceptors (Lipinski definition) is 3.